The maximum absolute atomic E-state index is 12.4. The lowest BCUT2D eigenvalue weighted by atomic mass is 10.2. The van der Waals surface area contributed by atoms with E-state index in [0.29, 0.717) is 0 Å². The summed E-state index contributed by atoms with van der Waals surface area (Å²) >= 11 is 0. The number of amides is 1. The summed E-state index contributed by atoms with van der Waals surface area (Å²) in [7, 11) is 0. The zero-order chi connectivity index (χ0) is 19.4. The van der Waals surface area contributed by atoms with Gasteiger partial charge in [-0.25, -0.2) is 0 Å². The number of anilines is 1. The second kappa shape index (κ2) is 7.33. The molecule has 2 N–H and O–H groups in total. The van der Waals surface area contributed by atoms with Gasteiger partial charge in [-0.1, -0.05) is 17.7 Å². The van der Waals surface area contributed by atoms with Gasteiger partial charge in [-0.05, 0) is 19.1 Å². The number of rotatable bonds is 4. The van der Waals surface area contributed by atoms with Crippen LogP contribution < -0.4 is 5.32 Å². The Kier molecular flexibility index (Phi) is 5.91. The maximum atomic E-state index is 12.4. The van der Waals surface area contributed by atoms with Crippen molar-refractivity contribution < 1.29 is 41.0 Å². The molecule has 1 aromatic rings. The number of nitrogens with one attached hydrogen (secondary N) is 1. The molecule has 1 rings (SSSR count). The Morgan fingerprint density at radius 1 is 1.16 bits per heavy atom. The fourth-order valence-electron chi connectivity index (χ4n) is 1.52. The van der Waals surface area contributed by atoms with Crippen molar-refractivity contribution >= 4 is 11.6 Å². The van der Waals surface area contributed by atoms with Gasteiger partial charge in [0.25, 0.3) is 12.0 Å². The number of ether oxygens (including phenoxy) is 1. The Morgan fingerprint density at radius 3 is 2.04 bits per heavy atom. The monoisotopic (exact) mass is 368 g/mol. The summed E-state index contributed by atoms with van der Waals surface area (Å²) in [6, 6.07) is 6.83. The number of alkyl halides is 6. The fourth-order valence-corrected chi connectivity index (χ4v) is 1.52. The standard InChI is InChI=1S/C14H10F6N2O3/c1-7-2-4-8(5-3-7)22-10(23)9(6-21)11(24)25-12(13(15,16)17)14(18,19)20/h2-5,12,24H,1H3,(H,22,23)/b11-9+. The molecule has 0 aromatic heterocycles. The molecule has 11 heteroatoms. The van der Waals surface area contributed by atoms with Crippen molar-refractivity contribution in [1.82, 2.24) is 0 Å². The fraction of sp³-hybridized carbons (Fsp3) is 0.286. The molecule has 0 saturated heterocycles. The van der Waals surface area contributed by atoms with Gasteiger partial charge < -0.3 is 15.2 Å². The van der Waals surface area contributed by atoms with E-state index in [4.69, 9.17) is 5.26 Å². The average molecular weight is 368 g/mol. The average Bonchev–Trinajstić information content (AvgIpc) is 2.45. The largest absolute Gasteiger partial charge is 0.480 e. The molecule has 5 nitrogen and oxygen atoms in total. The van der Waals surface area contributed by atoms with Crippen LogP contribution in [0.3, 0.4) is 0 Å². The first-order valence-corrected chi connectivity index (χ1v) is 6.37. The van der Waals surface area contributed by atoms with E-state index in [0.717, 1.165) is 11.6 Å². The minimum absolute atomic E-state index is 0.0966. The van der Waals surface area contributed by atoms with Crippen LogP contribution in [0.5, 0.6) is 0 Å². The SMILES string of the molecule is Cc1ccc(NC(=O)/C(C#N)=C(\O)OC(C(F)(F)F)C(F)(F)F)cc1. The first-order chi connectivity index (χ1) is 11.4. The number of benzene rings is 1. The Bertz CT molecular complexity index is 687. The number of carbonyl (C=O) groups is 1. The Hall–Kier alpha value is -2.90. The van der Waals surface area contributed by atoms with Crippen LogP contribution in [0.15, 0.2) is 35.8 Å². The molecular formula is C14H10F6N2O3. The van der Waals surface area contributed by atoms with Crippen molar-refractivity contribution in [2.24, 2.45) is 0 Å². The molecular weight excluding hydrogens is 358 g/mol. The number of nitriles is 1. The number of hydrogen-bond donors (Lipinski definition) is 2. The van der Waals surface area contributed by atoms with Gasteiger partial charge in [0.05, 0.1) is 0 Å². The summed E-state index contributed by atoms with van der Waals surface area (Å²) in [4.78, 5) is 11.8. The quantitative estimate of drug-likeness (QED) is 0.367. The van der Waals surface area contributed by atoms with E-state index < -0.39 is 35.9 Å². The first kappa shape index (κ1) is 20.1. The minimum Gasteiger partial charge on any atom is -0.480 e. The van der Waals surface area contributed by atoms with Crippen LogP contribution in [0.4, 0.5) is 32.0 Å². The van der Waals surface area contributed by atoms with Gasteiger partial charge in [0, 0.05) is 5.69 Å². The van der Waals surface area contributed by atoms with Gasteiger partial charge in [-0.15, -0.1) is 0 Å². The highest BCUT2D eigenvalue weighted by atomic mass is 19.4. The van der Waals surface area contributed by atoms with Crippen LogP contribution in [-0.4, -0.2) is 29.5 Å². The van der Waals surface area contributed by atoms with Gasteiger partial charge in [0.2, 0.25) is 0 Å². The third kappa shape index (κ3) is 5.59. The van der Waals surface area contributed by atoms with Gasteiger partial charge >= 0.3 is 18.3 Å². The third-order valence-corrected chi connectivity index (χ3v) is 2.69. The third-order valence-electron chi connectivity index (χ3n) is 2.69. The van der Waals surface area contributed by atoms with Crippen molar-refractivity contribution in [1.29, 1.82) is 5.26 Å². The van der Waals surface area contributed by atoms with Crippen LogP contribution >= 0.6 is 0 Å². The van der Waals surface area contributed by atoms with Crippen molar-refractivity contribution in [2.75, 3.05) is 5.32 Å². The number of hydrogen-bond acceptors (Lipinski definition) is 4. The summed E-state index contributed by atoms with van der Waals surface area (Å²) in [6.45, 7) is 1.72. The van der Waals surface area contributed by atoms with E-state index >= 15 is 0 Å². The minimum atomic E-state index is -5.92. The van der Waals surface area contributed by atoms with Gasteiger partial charge in [-0.2, -0.15) is 31.6 Å². The Balaban J connectivity index is 3.07. The van der Waals surface area contributed by atoms with E-state index in [-0.39, 0.29) is 5.69 Å². The molecule has 0 aliphatic heterocycles. The van der Waals surface area contributed by atoms with Crippen LogP contribution in [0, 0.1) is 18.3 Å². The summed E-state index contributed by atoms with van der Waals surface area (Å²) < 4.78 is 77.6. The molecule has 0 fully saturated rings. The molecule has 0 bridgehead atoms. The number of aryl methyl sites for hydroxylation is 1. The highest BCUT2D eigenvalue weighted by Crippen LogP contribution is 2.36. The maximum Gasteiger partial charge on any atom is 0.434 e. The van der Waals surface area contributed by atoms with Crippen LogP contribution in [0.1, 0.15) is 5.56 Å². The van der Waals surface area contributed by atoms with Crippen LogP contribution in [0.25, 0.3) is 0 Å². The second-order valence-electron chi connectivity index (χ2n) is 4.69. The molecule has 1 amide bonds. The van der Waals surface area contributed by atoms with Crippen molar-refractivity contribution in [3.05, 3.63) is 41.3 Å². The lowest BCUT2D eigenvalue weighted by Crippen LogP contribution is -2.44. The van der Waals surface area contributed by atoms with E-state index in [1.807, 2.05) is 5.32 Å². The molecule has 0 heterocycles. The van der Waals surface area contributed by atoms with E-state index in [1.165, 1.54) is 12.1 Å². The number of nitrogens with zero attached hydrogens (tertiary/aromatic N) is 1. The number of aliphatic hydroxyl groups is 1. The molecule has 0 radical (unpaired) electrons. The Labute approximate surface area is 137 Å². The van der Waals surface area contributed by atoms with Crippen molar-refractivity contribution in [3.63, 3.8) is 0 Å². The highest BCUT2D eigenvalue weighted by molar-refractivity contribution is 6.06. The molecule has 1 aromatic carbocycles. The molecule has 0 saturated carbocycles. The predicted octanol–water partition coefficient (Wildman–Crippen LogP) is 3.74. The molecule has 25 heavy (non-hydrogen) atoms. The normalized spacial score (nSPS) is 13.1. The van der Waals surface area contributed by atoms with Crippen LogP contribution in [-0.2, 0) is 9.53 Å². The second-order valence-corrected chi connectivity index (χ2v) is 4.69. The van der Waals surface area contributed by atoms with Gasteiger partial charge in [-0.3, -0.25) is 4.79 Å². The highest BCUT2D eigenvalue weighted by Gasteiger charge is 2.59. The lowest BCUT2D eigenvalue weighted by Gasteiger charge is -2.23. The molecule has 0 unspecified atom stereocenters. The molecule has 0 spiro atoms. The molecule has 0 atom stereocenters. The zero-order valence-corrected chi connectivity index (χ0v) is 12.4. The van der Waals surface area contributed by atoms with Crippen molar-refractivity contribution in [2.45, 2.75) is 25.4 Å². The molecule has 136 valence electrons. The van der Waals surface area contributed by atoms with E-state index in [9.17, 15) is 36.2 Å². The van der Waals surface area contributed by atoms with Gasteiger partial charge in [0.1, 0.15) is 6.07 Å². The summed E-state index contributed by atoms with van der Waals surface area (Å²) in [5, 5.41) is 20.0. The zero-order valence-electron chi connectivity index (χ0n) is 12.4. The summed E-state index contributed by atoms with van der Waals surface area (Å²) in [6.07, 6.45) is -16.2. The summed E-state index contributed by atoms with van der Waals surface area (Å²) in [5.74, 6) is -3.53. The topological polar surface area (TPSA) is 82.4 Å². The van der Waals surface area contributed by atoms with Gasteiger partial charge in [0.15, 0.2) is 5.57 Å². The van der Waals surface area contributed by atoms with Crippen molar-refractivity contribution in [3.8, 4) is 6.07 Å². The number of aliphatic hydroxyl groups excluding tert-OH is 1. The van der Waals surface area contributed by atoms with Crippen LogP contribution in [0.2, 0.25) is 0 Å². The number of carbonyl (C=O) groups excluding carboxylic acids is 1. The Morgan fingerprint density at radius 2 is 1.64 bits per heavy atom. The predicted molar refractivity (Wildman–Crippen MR) is 72.1 cm³/mol. The summed E-state index contributed by atoms with van der Waals surface area (Å²) in [5.41, 5.74) is -0.545. The first-order valence-electron chi connectivity index (χ1n) is 6.37. The number of halogens is 6. The smallest absolute Gasteiger partial charge is 0.434 e. The molecule has 0 aliphatic rings. The van der Waals surface area contributed by atoms with E-state index in [2.05, 4.69) is 4.74 Å². The molecule has 0 aliphatic carbocycles. The van der Waals surface area contributed by atoms with E-state index in [1.54, 1.807) is 19.1 Å². The lowest BCUT2D eigenvalue weighted by molar-refractivity contribution is -0.319.